The van der Waals surface area contributed by atoms with E-state index in [1.54, 1.807) is 0 Å². The van der Waals surface area contributed by atoms with Crippen molar-refractivity contribution >= 4 is 16.8 Å². The molecule has 1 aliphatic heterocycles. The van der Waals surface area contributed by atoms with E-state index in [2.05, 4.69) is 29.1 Å². The van der Waals surface area contributed by atoms with Crippen LogP contribution in [0.5, 0.6) is 5.75 Å². The Morgan fingerprint density at radius 2 is 2.26 bits per heavy atom. The standard InChI is InChI=1S/C14H19N3O2/c1-16(2)7-4-8-17-9-10-18-11-5-3-6-12-13(11)14(17)15-19-12/h3,5-6H,4,7-10H2,1-2H3. The van der Waals surface area contributed by atoms with Gasteiger partial charge in [-0.1, -0.05) is 11.2 Å². The SMILES string of the molecule is CN(C)CCCN1CCOc2cccc3onc1c23. The summed E-state index contributed by atoms with van der Waals surface area (Å²) in [6.45, 7) is 3.58. The van der Waals surface area contributed by atoms with E-state index in [4.69, 9.17) is 9.26 Å². The lowest BCUT2D eigenvalue weighted by molar-refractivity contribution is 0.327. The first-order valence-corrected chi connectivity index (χ1v) is 6.66. The zero-order valence-corrected chi connectivity index (χ0v) is 11.4. The average molecular weight is 261 g/mol. The van der Waals surface area contributed by atoms with Crippen LogP contribution in [0.3, 0.4) is 0 Å². The molecule has 1 aliphatic rings. The van der Waals surface area contributed by atoms with E-state index in [0.717, 1.165) is 48.6 Å². The Morgan fingerprint density at radius 3 is 3.11 bits per heavy atom. The zero-order valence-electron chi connectivity index (χ0n) is 11.4. The highest BCUT2D eigenvalue weighted by Gasteiger charge is 2.22. The molecule has 5 nitrogen and oxygen atoms in total. The molecule has 0 unspecified atom stereocenters. The second-order valence-electron chi connectivity index (χ2n) is 5.13. The highest BCUT2D eigenvalue weighted by molar-refractivity contribution is 5.94. The Kier molecular flexibility index (Phi) is 3.29. The molecule has 1 aromatic heterocycles. The monoisotopic (exact) mass is 261 g/mol. The number of aromatic nitrogens is 1. The molecular formula is C14H19N3O2. The number of hydrogen-bond acceptors (Lipinski definition) is 5. The summed E-state index contributed by atoms with van der Waals surface area (Å²) in [5.41, 5.74) is 0.798. The Morgan fingerprint density at radius 1 is 1.37 bits per heavy atom. The molecular weight excluding hydrogens is 242 g/mol. The molecule has 0 bridgehead atoms. The van der Waals surface area contributed by atoms with E-state index in [9.17, 15) is 0 Å². The van der Waals surface area contributed by atoms with Crippen molar-refractivity contribution in [1.29, 1.82) is 0 Å². The Labute approximate surface area is 112 Å². The summed E-state index contributed by atoms with van der Waals surface area (Å²) in [7, 11) is 4.18. The third kappa shape index (κ3) is 2.38. The number of ether oxygens (including phenoxy) is 1. The van der Waals surface area contributed by atoms with Crippen LogP contribution in [-0.2, 0) is 0 Å². The highest BCUT2D eigenvalue weighted by atomic mass is 16.5. The van der Waals surface area contributed by atoms with Gasteiger partial charge in [-0.2, -0.15) is 0 Å². The minimum atomic E-state index is 0.692. The van der Waals surface area contributed by atoms with Crippen LogP contribution in [-0.4, -0.2) is 50.4 Å². The fraction of sp³-hybridized carbons (Fsp3) is 0.500. The minimum Gasteiger partial charge on any atom is -0.491 e. The predicted molar refractivity (Wildman–Crippen MR) is 74.9 cm³/mol. The van der Waals surface area contributed by atoms with Crippen molar-refractivity contribution in [3.63, 3.8) is 0 Å². The van der Waals surface area contributed by atoms with E-state index in [1.807, 2.05) is 18.2 Å². The Hall–Kier alpha value is -1.75. The molecule has 3 rings (SSSR count). The maximum Gasteiger partial charge on any atom is 0.183 e. The van der Waals surface area contributed by atoms with Crippen LogP contribution in [0.2, 0.25) is 0 Å². The summed E-state index contributed by atoms with van der Waals surface area (Å²) in [6.07, 6.45) is 1.10. The van der Waals surface area contributed by atoms with Crippen LogP contribution in [0.25, 0.3) is 11.0 Å². The van der Waals surface area contributed by atoms with E-state index >= 15 is 0 Å². The molecule has 0 N–H and O–H groups in total. The quantitative estimate of drug-likeness (QED) is 0.841. The summed E-state index contributed by atoms with van der Waals surface area (Å²) in [6, 6.07) is 5.85. The summed E-state index contributed by atoms with van der Waals surface area (Å²) >= 11 is 0. The molecule has 0 fully saturated rings. The highest BCUT2D eigenvalue weighted by Crippen LogP contribution is 2.35. The normalized spacial score (nSPS) is 14.8. The Bertz CT molecular complexity index is 565. The van der Waals surface area contributed by atoms with Gasteiger partial charge in [0.25, 0.3) is 0 Å². The van der Waals surface area contributed by atoms with Gasteiger partial charge in [-0.15, -0.1) is 0 Å². The number of nitrogens with zero attached hydrogens (tertiary/aromatic N) is 3. The molecule has 0 aliphatic carbocycles. The van der Waals surface area contributed by atoms with Crippen LogP contribution in [0.15, 0.2) is 22.7 Å². The largest absolute Gasteiger partial charge is 0.491 e. The van der Waals surface area contributed by atoms with E-state index < -0.39 is 0 Å². The minimum absolute atomic E-state index is 0.692. The van der Waals surface area contributed by atoms with Gasteiger partial charge in [-0.25, -0.2) is 0 Å². The molecule has 102 valence electrons. The lowest BCUT2D eigenvalue weighted by Crippen LogP contribution is -2.30. The van der Waals surface area contributed by atoms with Crippen molar-refractivity contribution in [2.24, 2.45) is 0 Å². The van der Waals surface area contributed by atoms with Crippen LogP contribution >= 0.6 is 0 Å². The predicted octanol–water partition coefficient (Wildman–Crippen LogP) is 1.98. The van der Waals surface area contributed by atoms with Crippen LogP contribution < -0.4 is 9.64 Å². The van der Waals surface area contributed by atoms with E-state index in [0.29, 0.717) is 6.61 Å². The number of benzene rings is 1. The molecule has 0 saturated heterocycles. The molecule has 2 heterocycles. The summed E-state index contributed by atoms with van der Waals surface area (Å²) in [5, 5.41) is 5.23. The number of hydrogen-bond donors (Lipinski definition) is 0. The van der Waals surface area contributed by atoms with Crippen molar-refractivity contribution in [1.82, 2.24) is 10.1 Å². The van der Waals surface area contributed by atoms with Crippen LogP contribution in [0, 0.1) is 0 Å². The van der Waals surface area contributed by atoms with E-state index in [-0.39, 0.29) is 0 Å². The summed E-state index contributed by atoms with van der Waals surface area (Å²) in [5.74, 6) is 1.80. The molecule has 0 saturated carbocycles. The van der Waals surface area contributed by atoms with E-state index in [1.165, 1.54) is 0 Å². The van der Waals surface area contributed by atoms with Gasteiger partial charge in [-0.05, 0) is 39.2 Å². The van der Waals surface area contributed by atoms with Crippen molar-refractivity contribution in [3.05, 3.63) is 18.2 Å². The molecule has 5 heteroatoms. The second kappa shape index (κ2) is 5.09. The lowest BCUT2D eigenvalue weighted by atomic mass is 10.2. The van der Waals surface area contributed by atoms with Crippen LogP contribution in [0.4, 0.5) is 5.82 Å². The smallest absolute Gasteiger partial charge is 0.183 e. The first kappa shape index (κ1) is 12.3. The van der Waals surface area contributed by atoms with Gasteiger partial charge in [0.2, 0.25) is 0 Å². The Balaban J connectivity index is 1.86. The molecule has 0 spiro atoms. The first-order chi connectivity index (χ1) is 9.25. The number of anilines is 1. The molecule has 0 amide bonds. The van der Waals surface area contributed by atoms with Gasteiger partial charge in [0, 0.05) is 6.54 Å². The maximum atomic E-state index is 5.78. The topological polar surface area (TPSA) is 41.7 Å². The van der Waals surface area contributed by atoms with Gasteiger partial charge in [0.05, 0.1) is 6.54 Å². The zero-order chi connectivity index (χ0) is 13.2. The molecule has 0 atom stereocenters. The third-order valence-corrected chi connectivity index (χ3v) is 3.39. The second-order valence-corrected chi connectivity index (χ2v) is 5.13. The van der Waals surface area contributed by atoms with Crippen LogP contribution in [0.1, 0.15) is 6.42 Å². The van der Waals surface area contributed by atoms with Gasteiger partial charge in [0.1, 0.15) is 17.7 Å². The molecule has 0 radical (unpaired) electrons. The first-order valence-electron chi connectivity index (χ1n) is 6.66. The van der Waals surface area contributed by atoms with Gasteiger partial charge in [0.15, 0.2) is 11.4 Å². The number of rotatable bonds is 4. The molecule has 2 aromatic rings. The molecule has 19 heavy (non-hydrogen) atoms. The third-order valence-electron chi connectivity index (χ3n) is 3.39. The molecule has 1 aromatic carbocycles. The van der Waals surface area contributed by atoms with Crippen molar-refractivity contribution < 1.29 is 9.26 Å². The lowest BCUT2D eigenvalue weighted by Gasteiger charge is -2.20. The average Bonchev–Trinajstić information content (AvgIpc) is 2.72. The maximum absolute atomic E-state index is 5.78. The van der Waals surface area contributed by atoms with Crippen molar-refractivity contribution in [2.45, 2.75) is 6.42 Å². The fourth-order valence-electron chi connectivity index (χ4n) is 2.45. The van der Waals surface area contributed by atoms with Gasteiger partial charge in [-0.3, -0.25) is 0 Å². The van der Waals surface area contributed by atoms with Crippen molar-refractivity contribution in [2.75, 3.05) is 45.2 Å². The summed E-state index contributed by atoms with van der Waals surface area (Å²) < 4.78 is 11.2. The van der Waals surface area contributed by atoms with Crippen molar-refractivity contribution in [3.8, 4) is 5.75 Å². The van der Waals surface area contributed by atoms with Gasteiger partial charge < -0.3 is 19.1 Å². The fourth-order valence-corrected chi connectivity index (χ4v) is 2.45. The summed E-state index contributed by atoms with van der Waals surface area (Å²) in [4.78, 5) is 4.45. The van der Waals surface area contributed by atoms with Gasteiger partial charge >= 0.3 is 0 Å².